The number of aryl methyl sites for hydroxylation is 2. The van der Waals surface area contributed by atoms with E-state index in [4.69, 9.17) is 5.73 Å². The van der Waals surface area contributed by atoms with Crippen LogP contribution in [0.25, 0.3) is 0 Å². The molecule has 0 aliphatic carbocycles. The first kappa shape index (κ1) is 13.6. The summed E-state index contributed by atoms with van der Waals surface area (Å²) in [7, 11) is 0. The first-order valence-corrected chi connectivity index (χ1v) is 7.24. The molecule has 4 heteroatoms. The summed E-state index contributed by atoms with van der Waals surface area (Å²) in [5, 5.41) is 2.88. The van der Waals surface area contributed by atoms with Crippen LogP contribution in [0.4, 0.5) is 11.4 Å². The van der Waals surface area contributed by atoms with Crippen molar-refractivity contribution < 1.29 is 4.79 Å². The number of carbonyl (C=O) groups excluding carboxylic acids is 1. The normalized spacial score (nSPS) is 10.4. The summed E-state index contributed by atoms with van der Waals surface area (Å²) in [6.45, 7) is 4.14. The van der Waals surface area contributed by atoms with E-state index in [2.05, 4.69) is 19.2 Å². The van der Waals surface area contributed by atoms with Crippen LogP contribution in [0.15, 0.2) is 30.3 Å². The summed E-state index contributed by atoms with van der Waals surface area (Å²) in [5.41, 5.74) is 8.49. The average molecular weight is 274 g/mol. The van der Waals surface area contributed by atoms with Crippen LogP contribution < -0.4 is 11.1 Å². The third kappa shape index (κ3) is 3.15. The molecule has 3 N–H and O–H groups in total. The van der Waals surface area contributed by atoms with Gasteiger partial charge in [0.15, 0.2) is 0 Å². The van der Waals surface area contributed by atoms with E-state index in [1.807, 2.05) is 30.3 Å². The van der Waals surface area contributed by atoms with Crippen molar-refractivity contribution >= 4 is 28.6 Å². The lowest BCUT2D eigenvalue weighted by molar-refractivity contribution is 0.103. The minimum Gasteiger partial charge on any atom is -0.398 e. The van der Waals surface area contributed by atoms with Crippen molar-refractivity contribution in [2.24, 2.45) is 0 Å². The van der Waals surface area contributed by atoms with Gasteiger partial charge >= 0.3 is 0 Å². The summed E-state index contributed by atoms with van der Waals surface area (Å²) in [6.07, 6.45) is 1.85. The highest BCUT2D eigenvalue weighted by Crippen LogP contribution is 2.21. The highest BCUT2D eigenvalue weighted by Gasteiger charge is 2.09. The van der Waals surface area contributed by atoms with Crippen molar-refractivity contribution in [1.29, 1.82) is 0 Å². The lowest BCUT2D eigenvalue weighted by Gasteiger charge is -2.07. The number of hydrogen-bond donors (Lipinski definition) is 2. The van der Waals surface area contributed by atoms with Crippen LogP contribution in [0.2, 0.25) is 0 Å². The topological polar surface area (TPSA) is 55.1 Å². The van der Waals surface area contributed by atoms with Gasteiger partial charge < -0.3 is 11.1 Å². The summed E-state index contributed by atoms with van der Waals surface area (Å²) < 4.78 is 0. The molecule has 0 atom stereocenters. The molecule has 19 heavy (non-hydrogen) atoms. The van der Waals surface area contributed by atoms with E-state index in [0.717, 1.165) is 34.7 Å². The molecule has 0 spiro atoms. The molecule has 3 nitrogen and oxygen atoms in total. The van der Waals surface area contributed by atoms with E-state index in [1.165, 1.54) is 16.2 Å². The Labute approximate surface area is 117 Å². The van der Waals surface area contributed by atoms with E-state index in [-0.39, 0.29) is 5.91 Å². The Morgan fingerprint density at radius 2 is 2.00 bits per heavy atom. The Hall–Kier alpha value is -1.81. The van der Waals surface area contributed by atoms with Gasteiger partial charge in [0.05, 0.1) is 4.88 Å². The van der Waals surface area contributed by atoms with Crippen LogP contribution in [0, 0.1) is 0 Å². The quantitative estimate of drug-likeness (QED) is 0.835. The van der Waals surface area contributed by atoms with Gasteiger partial charge in [0, 0.05) is 16.3 Å². The number of hydrogen-bond acceptors (Lipinski definition) is 3. The van der Waals surface area contributed by atoms with Gasteiger partial charge in [-0.05, 0) is 42.7 Å². The predicted octanol–water partition coefficient (Wildman–Crippen LogP) is 3.71. The number of nitrogens with one attached hydrogen (secondary N) is 1. The first-order chi connectivity index (χ1) is 9.13. The summed E-state index contributed by atoms with van der Waals surface area (Å²) in [4.78, 5) is 14.0. The third-order valence-corrected chi connectivity index (χ3v) is 4.25. The van der Waals surface area contributed by atoms with E-state index < -0.39 is 0 Å². The molecular weight excluding hydrogens is 256 g/mol. The second kappa shape index (κ2) is 5.89. The molecule has 100 valence electrons. The monoisotopic (exact) mass is 274 g/mol. The molecule has 0 unspecified atom stereocenters. The van der Waals surface area contributed by atoms with Gasteiger partial charge in [-0.25, -0.2) is 0 Å². The molecule has 2 aromatic rings. The van der Waals surface area contributed by atoms with Gasteiger partial charge in [-0.2, -0.15) is 0 Å². The van der Waals surface area contributed by atoms with Crippen LogP contribution >= 0.6 is 11.3 Å². The fraction of sp³-hybridized carbons (Fsp3) is 0.267. The zero-order valence-corrected chi connectivity index (χ0v) is 12.0. The Balaban J connectivity index is 2.12. The van der Waals surface area contributed by atoms with Crippen molar-refractivity contribution in [2.75, 3.05) is 11.1 Å². The smallest absolute Gasteiger partial charge is 0.265 e. The molecule has 0 aliphatic rings. The molecule has 0 fully saturated rings. The van der Waals surface area contributed by atoms with Crippen molar-refractivity contribution in [3.63, 3.8) is 0 Å². The molecule has 1 amide bonds. The van der Waals surface area contributed by atoms with Gasteiger partial charge in [0.2, 0.25) is 0 Å². The number of benzene rings is 1. The van der Waals surface area contributed by atoms with Crippen LogP contribution in [0.5, 0.6) is 0 Å². The molecule has 1 aromatic carbocycles. The second-order valence-electron chi connectivity index (χ2n) is 4.34. The maximum Gasteiger partial charge on any atom is 0.265 e. The molecule has 1 heterocycles. The Morgan fingerprint density at radius 3 is 2.58 bits per heavy atom. The maximum absolute atomic E-state index is 12.1. The Morgan fingerprint density at radius 1 is 1.21 bits per heavy atom. The molecule has 2 rings (SSSR count). The highest BCUT2D eigenvalue weighted by atomic mass is 32.1. The number of nitrogen functional groups attached to an aromatic ring is 1. The minimum absolute atomic E-state index is 0.0756. The van der Waals surface area contributed by atoms with E-state index in [1.54, 1.807) is 0 Å². The van der Waals surface area contributed by atoms with Crippen LogP contribution in [0.3, 0.4) is 0 Å². The number of thiophene rings is 1. The summed E-state index contributed by atoms with van der Waals surface area (Å²) in [5.74, 6) is -0.0756. The number of anilines is 2. The van der Waals surface area contributed by atoms with Crippen molar-refractivity contribution in [2.45, 2.75) is 26.7 Å². The minimum atomic E-state index is -0.0756. The van der Waals surface area contributed by atoms with E-state index >= 15 is 0 Å². The van der Waals surface area contributed by atoms with Gasteiger partial charge in [-0.1, -0.05) is 19.9 Å². The standard InChI is InChI=1S/C15H18N2OS/c1-3-10-5-6-11(9-13(10)16)17-15(18)14-8-7-12(4-2)19-14/h5-9H,3-4,16H2,1-2H3,(H,17,18). The fourth-order valence-corrected chi connectivity index (χ4v) is 2.72. The maximum atomic E-state index is 12.1. The average Bonchev–Trinajstić information content (AvgIpc) is 2.88. The molecule has 0 radical (unpaired) electrons. The van der Waals surface area contributed by atoms with E-state index in [9.17, 15) is 4.79 Å². The zero-order valence-electron chi connectivity index (χ0n) is 11.2. The van der Waals surface area contributed by atoms with Crippen molar-refractivity contribution in [3.05, 3.63) is 45.6 Å². The lowest BCUT2D eigenvalue weighted by atomic mass is 10.1. The molecule has 0 saturated heterocycles. The van der Waals surface area contributed by atoms with Crippen LogP contribution in [-0.2, 0) is 12.8 Å². The predicted molar refractivity (Wildman–Crippen MR) is 81.9 cm³/mol. The number of nitrogens with two attached hydrogens (primary N) is 1. The SMILES string of the molecule is CCc1ccc(C(=O)Nc2ccc(CC)c(N)c2)s1. The van der Waals surface area contributed by atoms with Crippen LogP contribution in [0.1, 0.15) is 34.0 Å². The molecule has 0 saturated carbocycles. The number of carbonyl (C=O) groups is 1. The molecule has 0 bridgehead atoms. The summed E-state index contributed by atoms with van der Waals surface area (Å²) in [6, 6.07) is 9.51. The first-order valence-electron chi connectivity index (χ1n) is 6.42. The number of rotatable bonds is 4. The van der Waals surface area contributed by atoms with Crippen LogP contribution in [-0.4, -0.2) is 5.91 Å². The van der Waals surface area contributed by atoms with Gasteiger partial charge in [0.25, 0.3) is 5.91 Å². The van der Waals surface area contributed by atoms with E-state index in [0.29, 0.717) is 0 Å². The second-order valence-corrected chi connectivity index (χ2v) is 5.51. The molecular formula is C15H18N2OS. The molecule has 1 aromatic heterocycles. The van der Waals surface area contributed by atoms with Crippen molar-refractivity contribution in [3.8, 4) is 0 Å². The molecule has 0 aliphatic heterocycles. The van der Waals surface area contributed by atoms with Crippen molar-refractivity contribution in [1.82, 2.24) is 0 Å². The highest BCUT2D eigenvalue weighted by molar-refractivity contribution is 7.14. The largest absolute Gasteiger partial charge is 0.398 e. The number of amides is 1. The Bertz CT molecular complexity index is 590. The fourth-order valence-electron chi connectivity index (χ4n) is 1.88. The van der Waals surface area contributed by atoms with Gasteiger partial charge in [-0.15, -0.1) is 11.3 Å². The third-order valence-electron chi connectivity index (χ3n) is 3.02. The lowest BCUT2D eigenvalue weighted by Crippen LogP contribution is -2.10. The zero-order chi connectivity index (χ0) is 13.8. The Kier molecular flexibility index (Phi) is 4.22. The van der Waals surface area contributed by atoms with Gasteiger partial charge in [0.1, 0.15) is 0 Å². The summed E-state index contributed by atoms with van der Waals surface area (Å²) >= 11 is 1.53. The van der Waals surface area contributed by atoms with Gasteiger partial charge in [-0.3, -0.25) is 4.79 Å².